The fourth-order valence-corrected chi connectivity index (χ4v) is 3.06. The molecule has 148 valence electrons. The van der Waals surface area contributed by atoms with Crippen LogP contribution in [0.1, 0.15) is 16.7 Å². The van der Waals surface area contributed by atoms with Crippen molar-refractivity contribution < 1.29 is 13.9 Å². The molecule has 0 atom stereocenters. The third-order valence-electron chi connectivity index (χ3n) is 4.13. The number of ether oxygens (including phenoxy) is 2. The Labute approximate surface area is 179 Å². The van der Waals surface area contributed by atoms with Crippen LogP contribution in [-0.2, 0) is 19.7 Å². The highest BCUT2D eigenvalue weighted by Gasteiger charge is 2.06. The molecule has 0 bridgehead atoms. The molecule has 3 nitrogen and oxygen atoms in total. The molecular weight excluding hydrogens is 445 g/mol. The molecule has 0 saturated carbocycles. The van der Waals surface area contributed by atoms with Gasteiger partial charge in [-0.2, -0.15) is 0 Å². The molecular formula is C22H22BrClFNO2. The van der Waals surface area contributed by atoms with Gasteiger partial charge in [0.2, 0.25) is 0 Å². The summed E-state index contributed by atoms with van der Waals surface area (Å²) < 4.78 is 25.1. The van der Waals surface area contributed by atoms with E-state index in [1.807, 2.05) is 42.5 Å². The zero-order valence-electron chi connectivity index (χ0n) is 15.5. The van der Waals surface area contributed by atoms with E-state index in [0.717, 1.165) is 33.6 Å². The van der Waals surface area contributed by atoms with Crippen LogP contribution in [-0.4, -0.2) is 7.11 Å². The van der Waals surface area contributed by atoms with Gasteiger partial charge in [-0.15, -0.1) is 12.4 Å². The summed E-state index contributed by atoms with van der Waals surface area (Å²) in [6.07, 6.45) is 0. The summed E-state index contributed by atoms with van der Waals surface area (Å²) in [5.41, 5.74) is 3.16. The second-order valence-electron chi connectivity index (χ2n) is 6.12. The first-order valence-electron chi connectivity index (χ1n) is 8.63. The third-order valence-corrected chi connectivity index (χ3v) is 4.63. The molecule has 0 fully saturated rings. The van der Waals surface area contributed by atoms with Gasteiger partial charge in [0.05, 0.1) is 7.11 Å². The molecule has 0 saturated heterocycles. The number of halogens is 3. The summed E-state index contributed by atoms with van der Waals surface area (Å²) in [6.45, 7) is 1.81. The van der Waals surface area contributed by atoms with E-state index >= 15 is 0 Å². The second-order valence-corrected chi connectivity index (χ2v) is 7.03. The SMILES string of the molecule is COc1ccc(CNCc2cc(Br)ccc2OCc2ccc(F)cc2)cc1.Cl. The van der Waals surface area contributed by atoms with Gasteiger partial charge in [0.25, 0.3) is 0 Å². The van der Waals surface area contributed by atoms with E-state index in [0.29, 0.717) is 13.2 Å². The number of hydrogen-bond donors (Lipinski definition) is 1. The van der Waals surface area contributed by atoms with Crippen LogP contribution in [0.4, 0.5) is 4.39 Å². The van der Waals surface area contributed by atoms with Crippen LogP contribution in [0.25, 0.3) is 0 Å². The Balaban J connectivity index is 0.00000280. The predicted molar refractivity (Wildman–Crippen MR) is 116 cm³/mol. The van der Waals surface area contributed by atoms with Crippen molar-refractivity contribution in [3.63, 3.8) is 0 Å². The standard InChI is InChI=1S/C22H21BrFNO2.ClH/c1-26-21-9-4-16(5-10-21)13-25-14-18-12-19(23)6-11-22(18)27-15-17-2-7-20(24)8-3-17;/h2-12,25H,13-15H2,1H3;1H. The van der Waals surface area contributed by atoms with Gasteiger partial charge in [0.1, 0.15) is 23.9 Å². The zero-order valence-corrected chi connectivity index (χ0v) is 17.9. The van der Waals surface area contributed by atoms with E-state index in [-0.39, 0.29) is 18.2 Å². The molecule has 3 aromatic rings. The van der Waals surface area contributed by atoms with Gasteiger partial charge < -0.3 is 14.8 Å². The minimum atomic E-state index is -0.245. The van der Waals surface area contributed by atoms with E-state index in [9.17, 15) is 4.39 Å². The van der Waals surface area contributed by atoms with Crippen molar-refractivity contribution in [3.05, 3.63) is 93.7 Å². The number of methoxy groups -OCH3 is 1. The van der Waals surface area contributed by atoms with Crippen molar-refractivity contribution in [2.45, 2.75) is 19.7 Å². The Kier molecular flexibility index (Phi) is 8.77. The highest BCUT2D eigenvalue weighted by molar-refractivity contribution is 9.10. The van der Waals surface area contributed by atoms with Crippen molar-refractivity contribution in [1.29, 1.82) is 0 Å². The lowest BCUT2D eigenvalue weighted by molar-refractivity contribution is 0.302. The summed E-state index contributed by atoms with van der Waals surface area (Å²) in [4.78, 5) is 0. The molecule has 0 unspecified atom stereocenters. The van der Waals surface area contributed by atoms with Crippen molar-refractivity contribution in [3.8, 4) is 11.5 Å². The lowest BCUT2D eigenvalue weighted by atomic mass is 10.1. The molecule has 6 heteroatoms. The fourth-order valence-electron chi connectivity index (χ4n) is 2.65. The maximum atomic E-state index is 13.0. The first-order chi connectivity index (χ1) is 13.1. The van der Waals surface area contributed by atoms with E-state index < -0.39 is 0 Å². The fraction of sp³-hybridized carbons (Fsp3) is 0.182. The molecule has 0 radical (unpaired) electrons. The van der Waals surface area contributed by atoms with Crippen LogP contribution >= 0.6 is 28.3 Å². The van der Waals surface area contributed by atoms with Crippen LogP contribution in [0, 0.1) is 5.82 Å². The summed E-state index contributed by atoms with van der Waals surface area (Å²) in [5, 5.41) is 3.44. The molecule has 0 aliphatic rings. The van der Waals surface area contributed by atoms with Gasteiger partial charge in [0.15, 0.2) is 0 Å². The van der Waals surface area contributed by atoms with Crippen molar-refractivity contribution in [1.82, 2.24) is 5.32 Å². The number of hydrogen-bond acceptors (Lipinski definition) is 3. The van der Waals surface area contributed by atoms with Crippen LogP contribution in [0.5, 0.6) is 11.5 Å². The van der Waals surface area contributed by atoms with Crippen LogP contribution in [0.15, 0.2) is 71.2 Å². The molecule has 0 aliphatic carbocycles. The van der Waals surface area contributed by atoms with E-state index in [1.165, 1.54) is 17.7 Å². The Morgan fingerprint density at radius 3 is 2.25 bits per heavy atom. The van der Waals surface area contributed by atoms with E-state index in [2.05, 4.69) is 21.2 Å². The summed E-state index contributed by atoms with van der Waals surface area (Å²) in [6, 6.07) is 20.3. The average molecular weight is 467 g/mol. The first kappa shape index (κ1) is 22.2. The monoisotopic (exact) mass is 465 g/mol. The lowest BCUT2D eigenvalue weighted by Gasteiger charge is -2.13. The smallest absolute Gasteiger partial charge is 0.124 e. The topological polar surface area (TPSA) is 30.5 Å². The molecule has 28 heavy (non-hydrogen) atoms. The molecule has 0 spiro atoms. The Bertz CT molecular complexity index is 873. The van der Waals surface area contributed by atoms with Crippen LogP contribution < -0.4 is 14.8 Å². The number of nitrogens with one attached hydrogen (secondary N) is 1. The van der Waals surface area contributed by atoms with Crippen molar-refractivity contribution in [2.24, 2.45) is 0 Å². The largest absolute Gasteiger partial charge is 0.497 e. The predicted octanol–water partition coefficient (Wildman–Crippen LogP) is 5.89. The molecule has 0 aliphatic heterocycles. The van der Waals surface area contributed by atoms with Gasteiger partial charge in [-0.25, -0.2) is 4.39 Å². The number of benzene rings is 3. The molecule has 3 aromatic carbocycles. The number of rotatable bonds is 8. The maximum absolute atomic E-state index is 13.0. The van der Waals surface area contributed by atoms with Gasteiger partial charge in [0, 0.05) is 23.1 Å². The average Bonchev–Trinajstić information content (AvgIpc) is 2.69. The van der Waals surface area contributed by atoms with Crippen molar-refractivity contribution in [2.75, 3.05) is 7.11 Å². The minimum Gasteiger partial charge on any atom is -0.497 e. The van der Waals surface area contributed by atoms with Gasteiger partial charge in [-0.05, 0) is 53.6 Å². The Hall–Kier alpha value is -2.08. The van der Waals surface area contributed by atoms with Crippen LogP contribution in [0.3, 0.4) is 0 Å². The lowest BCUT2D eigenvalue weighted by Crippen LogP contribution is -2.13. The molecule has 0 amide bonds. The van der Waals surface area contributed by atoms with Gasteiger partial charge >= 0.3 is 0 Å². The summed E-state index contributed by atoms with van der Waals surface area (Å²) in [7, 11) is 1.66. The summed E-state index contributed by atoms with van der Waals surface area (Å²) in [5.74, 6) is 1.41. The van der Waals surface area contributed by atoms with E-state index in [1.54, 1.807) is 19.2 Å². The molecule has 1 N–H and O–H groups in total. The summed E-state index contributed by atoms with van der Waals surface area (Å²) >= 11 is 3.51. The normalized spacial score (nSPS) is 10.2. The minimum absolute atomic E-state index is 0. The maximum Gasteiger partial charge on any atom is 0.124 e. The van der Waals surface area contributed by atoms with E-state index in [4.69, 9.17) is 9.47 Å². The highest BCUT2D eigenvalue weighted by Crippen LogP contribution is 2.24. The van der Waals surface area contributed by atoms with Gasteiger partial charge in [-0.3, -0.25) is 0 Å². The highest BCUT2D eigenvalue weighted by atomic mass is 79.9. The van der Waals surface area contributed by atoms with Crippen LogP contribution in [0.2, 0.25) is 0 Å². The molecule has 0 aromatic heterocycles. The second kappa shape index (κ2) is 11.1. The molecule has 3 rings (SSSR count). The zero-order chi connectivity index (χ0) is 19.1. The molecule has 0 heterocycles. The Morgan fingerprint density at radius 1 is 0.893 bits per heavy atom. The van der Waals surface area contributed by atoms with Crippen molar-refractivity contribution >= 4 is 28.3 Å². The van der Waals surface area contributed by atoms with Gasteiger partial charge in [-0.1, -0.05) is 40.2 Å². The Morgan fingerprint density at radius 2 is 1.57 bits per heavy atom. The first-order valence-corrected chi connectivity index (χ1v) is 9.42. The third kappa shape index (κ3) is 6.51. The quantitative estimate of drug-likeness (QED) is 0.449.